The molecule has 0 fully saturated rings. The molecule has 5 nitrogen and oxygen atoms in total. The molecule has 33 heavy (non-hydrogen) atoms. The molecule has 0 radical (unpaired) electrons. The van der Waals surface area contributed by atoms with Gasteiger partial charge in [0.1, 0.15) is 23.0 Å². The van der Waals surface area contributed by atoms with E-state index in [9.17, 15) is 9.90 Å². The normalized spacial score (nSPS) is 11.4. The molecule has 0 bridgehead atoms. The third kappa shape index (κ3) is 6.61. The SMILES string of the molecule is COc1ccc(/C=C/c2cc(OC)cc(OC)c2/C=C/C(=O)/C=C/c2cccc(O)c2)cc1. The van der Waals surface area contributed by atoms with Crippen LogP contribution in [-0.2, 0) is 4.79 Å². The van der Waals surface area contributed by atoms with Crippen molar-refractivity contribution in [2.24, 2.45) is 0 Å². The maximum atomic E-state index is 12.4. The summed E-state index contributed by atoms with van der Waals surface area (Å²) in [6.07, 6.45) is 10.2. The third-order valence-corrected chi connectivity index (χ3v) is 4.90. The van der Waals surface area contributed by atoms with Crippen LogP contribution in [0.4, 0.5) is 0 Å². The van der Waals surface area contributed by atoms with E-state index < -0.39 is 0 Å². The van der Waals surface area contributed by atoms with Crippen LogP contribution in [-0.4, -0.2) is 32.2 Å². The van der Waals surface area contributed by atoms with E-state index in [0.717, 1.165) is 28.0 Å². The third-order valence-electron chi connectivity index (χ3n) is 4.90. The predicted molar refractivity (Wildman–Crippen MR) is 133 cm³/mol. The minimum Gasteiger partial charge on any atom is -0.508 e. The van der Waals surface area contributed by atoms with Crippen molar-refractivity contribution in [1.29, 1.82) is 0 Å². The number of rotatable bonds is 9. The first-order valence-electron chi connectivity index (χ1n) is 10.3. The Morgan fingerprint density at radius 3 is 2.12 bits per heavy atom. The van der Waals surface area contributed by atoms with Gasteiger partial charge in [0.15, 0.2) is 5.78 Å². The maximum absolute atomic E-state index is 12.4. The average molecular weight is 443 g/mol. The Kier molecular flexibility index (Phi) is 8.08. The van der Waals surface area contributed by atoms with Crippen molar-refractivity contribution in [3.63, 3.8) is 0 Å². The largest absolute Gasteiger partial charge is 0.508 e. The number of aromatic hydroxyl groups is 1. The summed E-state index contributed by atoms with van der Waals surface area (Å²) in [7, 11) is 4.80. The molecule has 0 atom stereocenters. The molecule has 0 unspecified atom stereocenters. The Bertz CT molecular complexity index is 1190. The lowest BCUT2D eigenvalue weighted by Gasteiger charge is -2.11. The summed E-state index contributed by atoms with van der Waals surface area (Å²) in [6.45, 7) is 0. The minimum atomic E-state index is -0.193. The summed E-state index contributed by atoms with van der Waals surface area (Å²) in [5.74, 6) is 1.98. The first-order valence-corrected chi connectivity index (χ1v) is 10.3. The molecule has 0 spiro atoms. The molecule has 0 amide bonds. The van der Waals surface area contributed by atoms with Crippen LogP contribution in [0.2, 0.25) is 0 Å². The maximum Gasteiger partial charge on any atom is 0.178 e. The molecule has 0 aliphatic carbocycles. The Morgan fingerprint density at radius 2 is 1.45 bits per heavy atom. The van der Waals surface area contributed by atoms with Crippen LogP contribution in [0.5, 0.6) is 23.0 Å². The molecular formula is C28H26O5. The summed E-state index contributed by atoms with van der Waals surface area (Å²) in [4.78, 5) is 12.4. The number of allylic oxidation sites excluding steroid dienone is 2. The first-order chi connectivity index (χ1) is 16.0. The van der Waals surface area contributed by atoms with Crippen LogP contribution in [0.25, 0.3) is 24.3 Å². The number of benzene rings is 3. The summed E-state index contributed by atoms with van der Waals surface area (Å²) in [6, 6.07) is 18.1. The second kappa shape index (κ2) is 11.4. The zero-order chi connectivity index (χ0) is 23.6. The number of ether oxygens (including phenoxy) is 3. The fourth-order valence-electron chi connectivity index (χ4n) is 3.15. The summed E-state index contributed by atoms with van der Waals surface area (Å²) >= 11 is 0. The number of phenols is 1. The van der Waals surface area contributed by atoms with Gasteiger partial charge in [-0.05, 0) is 65.3 Å². The molecule has 0 heterocycles. The topological polar surface area (TPSA) is 65.0 Å². The van der Waals surface area contributed by atoms with E-state index in [1.165, 1.54) is 12.2 Å². The number of carbonyl (C=O) groups excluding carboxylic acids is 1. The lowest BCUT2D eigenvalue weighted by atomic mass is 10.0. The van der Waals surface area contributed by atoms with E-state index in [1.807, 2.05) is 48.6 Å². The highest BCUT2D eigenvalue weighted by atomic mass is 16.5. The number of ketones is 1. The number of hydrogen-bond acceptors (Lipinski definition) is 5. The van der Waals surface area contributed by atoms with Gasteiger partial charge in [-0.15, -0.1) is 0 Å². The lowest BCUT2D eigenvalue weighted by molar-refractivity contribution is -0.110. The van der Waals surface area contributed by atoms with E-state index in [1.54, 1.807) is 57.7 Å². The molecule has 0 aliphatic rings. The highest BCUT2D eigenvalue weighted by Gasteiger charge is 2.09. The van der Waals surface area contributed by atoms with E-state index in [4.69, 9.17) is 14.2 Å². The van der Waals surface area contributed by atoms with Gasteiger partial charge in [-0.25, -0.2) is 0 Å². The fourth-order valence-corrected chi connectivity index (χ4v) is 3.15. The molecular weight excluding hydrogens is 416 g/mol. The van der Waals surface area contributed by atoms with Crippen LogP contribution in [0, 0.1) is 0 Å². The van der Waals surface area contributed by atoms with Gasteiger partial charge in [0.2, 0.25) is 0 Å². The number of methoxy groups -OCH3 is 3. The van der Waals surface area contributed by atoms with Gasteiger partial charge in [-0.3, -0.25) is 4.79 Å². The summed E-state index contributed by atoms with van der Waals surface area (Å²) in [5.41, 5.74) is 3.32. The van der Waals surface area contributed by atoms with Crippen LogP contribution in [0.1, 0.15) is 22.3 Å². The average Bonchev–Trinajstić information content (AvgIpc) is 2.85. The highest BCUT2D eigenvalue weighted by Crippen LogP contribution is 2.31. The van der Waals surface area contributed by atoms with Crippen molar-refractivity contribution in [2.75, 3.05) is 21.3 Å². The van der Waals surface area contributed by atoms with Crippen LogP contribution >= 0.6 is 0 Å². The zero-order valence-corrected chi connectivity index (χ0v) is 18.8. The second-order valence-corrected chi connectivity index (χ2v) is 7.10. The van der Waals surface area contributed by atoms with Crippen LogP contribution < -0.4 is 14.2 Å². The number of phenolic OH excluding ortho intramolecular Hbond substituents is 1. The van der Waals surface area contributed by atoms with Gasteiger partial charge in [-0.1, -0.05) is 42.5 Å². The van der Waals surface area contributed by atoms with Crippen molar-refractivity contribution < 1.29 is 24.1 Å². The molecule has 3 aromatic rings. The molecule has 0 aromatic heterocycles. The van der Waals surface area contributed by atoms with E-state index in [0.29, 0.717) is 11.5 Å². The fraction of sp³-hybridized carbons (Fsp3) is 0.107. The van der Waals surface area contributed by atoms with Gasteiger partial charge in [0, 0.05) is 11.6 Å². The molecule has 1 N–H and O–H groups in total. The Balaban J connectivity index is 1.88. The van der Waals surface area contributed by atoms with Crippen molar-refractivity contribution >= 4 is 30.1 Å². The predicted octanol–water partition coefficient (Wildman–Crippen LogP) is 5.88. The minimum absolute atomic E-state index is 0.149. The van der Waals surface area contributed by atoms with Gasteiger partial charge >= 0.3 is 0 Å². The van der Waals surface area contributed by atoms with Crippen LogP contribution in [0.3, 0.4) is 0 Å². The molecule has 5 heteroatoms. The monoisotopic (exact) mass is 442 g/mol. The van der Waals surface area contributed by atoms with E-state index >= 15 is 0 Å². The molecule has 0 saturated heterocycles. The Labute approximate surface area is 193 Å². The quantitative estimate of drug-likeness (QED) is 0.331. The first kappa shape index (κ1) is 23.4. The Hall–Kier alpha value is -4.25. The van der Waals surface area contributed by atoms with E-state index in [-0.39, 0.29) is 11.5 Å². The van der Waals surface area contributed by atoms with Gasteiger partial charge in [-0.2, -0.15) is 0 Å². The Morgan fingerprint density at radius 1 is 0.727 bits per heavy atom. The highest BCUT2D eigenvalue weighted by molar-refractivity contribution is 6.05. The van der Waals surface area contributed by atoms with Crippen LogP contribution in [0.15, 0.2) is 72.8 Å². The zero-order valence-electron chi connectivity index (χ0n) is 18.8. The molecule has 3 aromatic carbocycles. The summed E-state index contributed by atoms with van der Waals surface area (Å²) in [5, 5.41) is 9.55. The van der Waals surface area contributed by atoms with Crippen molar-refractivity contribution in [2.45, 2.75) is 0 Å². The summed E-state index contributed by atoms with van der Waals surface area (Å²) < 4.78 is 16.2. The standard InChI is InChI=1S/C28H26O5/c1-31-25-14-9-20(10-15-25)7-11-22-18-26(32-2)19-28(33-3)27(22)16-13-23(29)12-8-21-5-4-6-24(30)17-21/h4-19,30H,1-3H3/b11-7+,12-8+,16-13+. The van der Waals surface area contributed by atoms with Crippen molar-refractivity contribution in [1.82, 2.24) is 0 Å². The molecule has 3 rings (SSSR count). The van der Waals surface area contributed by atoms with E-state index in [2.05, 4.69) is 0 Å². The number of carbonyl (C=O) groups is 1. The smallest absolute Gasteiger partial charge is 0.178 e. The van der Waals surface area contributed by atoms with Crippen molar-refractivity contribution in [3.8, 4) is 23.0 Å². The van der Waals surface area contributed by atoms with Gasteiger partial charge in [0.25, 0.3) is 0 Å². The van der Waals surface area contributed by atoms with Crippen molar-refractivity contribution in [3.05, 3.63) is 95.1 Å². The second-order valence-electron chi connectivity index (χ2n) is 7.10. The van der Waals surface area contributed by atoms with Gasteiger partial charge in [0.05, 0.1) is 21.3 Å². The lowest BCUT2D eigenvalue weighted by Crippen LogP contribution is -1.94. The number of hydrogen-bond donors (Lipinski definition) is 1. The molecule has 168 valence electrons. The molecule has 0 saturated carbocycles. The van der Waals surface area contributed by atoms with Gasteiger partial charge < -0.3 is 19.3 Å². The molecule has 0 aliphatic heterocycles.